The van der Waals surface area contributed by atoms with E-state index in [1.807, 2.05) is 19.1 Å². The van der Waals surface area contributed by atoms with Gasteiger partial charge in [-0.2, -0.15) is 0 Å². The van der Waals surface area contributed by atoms with E-state index in [0.29, 0.717) is 0 Å². The lowest BCUT2D eigenvalue weighted by Gasteiger charge is -1.56. The van der Waals surface area contributed by atoms with Crippen molar-refractivity contribution < 1.29 is 0 Å². The highest BCUT2D eigenvalue weighted by Crippen LogP contribution is 1.64. The van der Waals surface area contributed by atoms with Gasteiger partial charge in [-0.3, -0.25) is 0 Å². The molecule has 0 aromatic heterocycles. The second kappa shape index (κ2) is 8.82. The lowest BCUT2D eigenvalue weighted by atomic mass is 10.5. The van der Waals surface area contributed by atoms with Gasteiger partial charge in [-0.25, -0.2) is 0 Å². The first kappa shape index (κ1) is 9.08. The smallest absolute Gasteiger partial charge is 0 e. The molecule has 0 aliphatic rings. The minimum atomic E-state index is 0. The van der Waals surface area contributed by atoms with Crippen LogP contribution in [0.2, 0.25) is 0 Å². The monoisotopic (exact) mass is 80.1 g/mol. The van der Waals surface area contributed by atoms with E-state index in [1.165, 1.54) is 0 Å². The van der Waals surface area contributed by atoms with Crippen LogP contribution in [0.15, 0.2) is 24.8 Å². The van der Waals surface area contributed by atoms with E-state index in [9.17, 15) is 0 Å². The summed E-state index contributed by atoms with van der Waals surface area (Å²) in [5.74, 6) is 0. The Kier molecular flexibility index (Phi) is 13.4. The average molecular weight is 80.1 g/mol. The van der Waals surface area contributed by atoms with Crippen LogP contribution in [0, 0.1) is 7.43 Å². The first-order valence-electron chi connectivity index (χ1n) is 1.65. The first-order chi connectivity index (χ1) is 2.41. The Bertz CT molecular complexity index is 42.0. The van der Waals surface area contributed by atoms with Crippen LogP contribution in [-0.4, -0.2) is 0 Å². The summed E-state index contributed by atoms with van der Waals surface area (Å²) in [6, 6.07) is 0. The SMILES string of the molecule is C=CC=CC.[C]. The molecule has 0 atom stereocenters. The summed E-state index contributed by atoms with van der Waals surface area (Å²) >= 11 is 0. The third-order valence-electron chi connectivity index (χ3n) is 0.329. The predicted octanol–water partition coefficient (Wildman–Crippen LogP) is 1.83. The molecule has 0 nitrogen and oxygen atoms in total. The van der Waals surface area contributed by atoms with Gasteiger partial charge in [-0.15, -0.1) is 0 Å². The molecule has 0 aromatic rings. The molecule has 4 radical (unpaired) electrons. The molecule has 0 aliphatic heterocycles. The molecule has 0 amide bonds. The number of allylic oxidation sites excluding steroid dienone is 3. The zero-order chi connectivity index (χ0) is 4.12. The van der Waals surface area contributed by atoms with Crippen molar-refractivity contribution in [2.24, 2.45) is 0 Å². The Morgan fingerprint density at radius 2 is 2.00 bits per heavy atom. The highest BCUT2D eigenvalue weighted by molar-refractivity contribution is 4.94. The molecular formula is C6H8. The van der Waals surface area contributed by atoms with Crippen molar-refractivity contribution in [1.29, 1.82) is 0 Å². The Hall–Kier alpha value is -0.520. The predicted molar refractivity (Wildman–Crippen MR) is 28.3 cm³/mol. The molecule has 32 valence electrons. The van der Waals surface area contributed by atoms with Crippen molar-refractivity contribution in [3.63, 3.8) is 0 Å². The van der Waals surface area contributed by atoms with E-state index in [2.05, 4.69) is 6.58 Å². The van der Waals surface area contributed by atoms with Gasteiger partial charge in [-0.1, -0.05) is 24.8 Å². The molecule has 0 heterocycles. The summed E-state index contributed by atoms with van der Waals surface area (Å²) in [5, 5.41) is 0. The van der Waals surface area contributed by atoms with E-state index in [1.54, 1.807) is 6.08 Å². The summed E-state index contributed by atoms with van der Waals surface area (Å²) < 4.78 is 0. The summed E-state index contributed by atoms with van der Waals surface area (Å²) in [6.45, 7) is 5.42. The van der Waals surface area contributed by atoms with Gasteiger partial charge in [0.1, 0.15) is 0 Å². The summed E-state index contributed by atoms with van der Waals surface area (Å²) in [7, 11) is 0. The summed E-state index contributed by atoms with van der Waals surface area (Å²) in [5.41, 5.74) is 0. The molecule has 0 N–H and O–H groups in total. The van der Waals surface area contributed by atoms with Crippen molar-refractivity contribution in [2.45, 2.75) is 6.92 Å². The standard InChI is InChI=1S/C5H8.C/c1-3-5-4-2;/h3-5H,1H2,2H3;. The third kappa shape index (κ3) is 9.77. The van der Waals surface area contributed by atoms with Crippen LogP contribution in [0.3, 0.4) is 0 Å². The Labute approximate surface area is 40.2 Å². The van der Waals surface area contributed by atoms with E-state index in [0.717, 1.165) is 0 Å². The van der Waals surface area contributed by atoms with Crippen LogP contribution < -0.4 is 0 Å². The highest BCUT2D eigenvalue weighted by atomic mass is 13.5. The van der Waals surface area contributed by atoms with Crippen LogP contribution in [0.1, 0.15) is 6.92 Å². The van der Waals surface area contributed by atoms with Crippen molar-refractivity contribution in [3.8, 4) is 0 Å². The van der Waals surface area contributed by atoms with Crippen LogP contribution in [0.5, 0.6) is 0 Å². The quantitative estimate of drug-likeness (QED) is 0.421. The Balaban J connectivity index is 0. The van der Waals surface area contributed by atoms with Crippen LogP contribution in [-0.2, 0) is 0 Å². The van der Waals surface area contributed by atoms with Crippen LogP contribution in [0.4, 0.5) is 0 Å². The second-order valence-corrected chi connectivity index (χ2v) is 0.761. The van der Waals surface area contributed by atoms with Crippen LogP contribution in [0.25, 0.3) is 0 Å². The lowest BCUT2D eigenvalue weighted by Crippen LogP contribution is -1.33. The maximum Gasteiger partial charge on any atom is 0 e. The van der Waals surface area contributed by atoms with E-state index in [4.69, 9.17) is 0 Å². The molecule has 0 unspecified atom stereocenters. The minimum Gasteiger partial charge on any atom is -0.0991 e. The molecule has 0 saturated carbocycles. The van der Waals surface area contributed by atoms with Crippen molar-refractivity contribution in [2.75, 3.05) is 0 Å². The van der Waals surface area contributed by atoms with Gasteiger partial charge in [0.25, 0.3) is 0 Å². The normalized spacial score (nSPS) is 7.50. The van der Waals surface area contributed by atoms with Gasteiger partial charge in [0, 0.05) is 7.43 Å². The number of rotatable bonds is 1. The van der Waals surface area contributed by atoms with E-state index < -0.39 is 0 Å². The fourth-order valence-corrected chi connectivity index (χ4v) is 0.136. The molecular weight excluding hydrogens is 72.1 g/mol. The first-order valence-corrected chi connectivity index (χ1v) is 1.65. The van der Waals surface area contributed by atoms with Crippen molar-refractivity contribution in [1.82, 2.24) is 0 Å². The van der Waals surface area contributed by atoms with Gasteiger partial charge in [0.15, 0.2) is 0 Å². The molecule has 0 rings (SSSR count). The molecule has 0 heteroatoms. The maximum atomic E-state index is 3.46. The molecule has 0 bridgehead atoms. The van der Waals surface area contributed by atoms with Crippen molar-refractivity contribution in [3.05, 3.63) is 32.2 Å². The number of hydrogen-bond acceptors (Lipinski definition) is 0. The fourth-order valence-electron chi connectivity index (χ4n) is 0.136. The largest absolute Gasteiger partial charge is 0.0991 e. The zero-order valence-electron chi connectivity index (χ0n) is 3.94. The van der Waals surface area contributed by atoms with Gasteiger partial charge >= 0.3 is 0 Å². The Morgan fingerprint density at radius 1 is 1.50 bits per heavy atom. The third-order valence-corrected chi connectivity index (χ3v) is 0.329. The van der Waals surface area contributed by atoms with E-state index in [-0.39, 0.29) is 7.43 Å². The highest BCUT2D eigenvalue weighted by Gasteiger charge is 1.42. The molecule has 0 aliphatic carbocycles. The van der Waals surface area contributed by atoms with Gasteiger partial charge in [-0.05, 0) is 6.92 Å². The Morgan fingerprint density at radius 3 is 2.00 bits per heavy atom. The topological polar surface area (TPSA) is 0 Å². The van der Waals surface area contributed by atoms with Gasteiger partial charge in [0.2, 0.25) is 0 Å². The van der Waals surface area contributed by atoms with Gasteiger partial charge in [0.05, 0.1) is 0 Å². The molecule has 6 heavy (non-hydrogen) atoms. The van der Waals surface area contributed by atoms with Crippen molar-refractivity contribution >= 4 is 0 Å². The molecule has 0 spiro atoms. The lowest BCUT2D eigenvalue weighted by molar-refractivity contribution is 1.74. The molecule has 0 aromatic carbocycles. The van der Waals surface area contributed by atoms with Crippen LogP contribution >= 0.6 is 0 Å². The average Bonchev–Trinajstić information content (AvgIpc) is 1.41. The minimum absolute atomic E-state index is 0. The summed E-state index contributed by atoms with van der Waals surface area (Å²) in [6.07, 6.45) is 5.58. The maximum absolute atomic E-state index is 3.46. The molecule has 0 saturated heterocycles. The fraction of sp³-hybridized carbons (Fsp3) is 0.167. The summed E-state index contributed by atoms with van der Waals surface area (Å²) in [4.78, 5) is 0. The van der Waals surface area contributed by atoms with E-state index >= 15 is 0 Å². The molecule has 0 fully saturated rings. The second-order valence-electron chi connectivity index (χ2n) is 0.761. The number of hydrogen-bond donors (Lipinski definition) is 0. The van der Waals surface area contributed by atoms with Gasteiger partial charge < -0.3 is 0 Å². The zero-order valence-corrected chi connectivity index (χ0v) is 3.94.